The van der Waals surface area contributed by atoms with Crippen molar-refractivity contribution < 1.29 is 4.74 Å². The number of benzene rings is 1. The molecule has 1 aliphatic rings. The van der Waals surface area contributed by atoms with Gasteiger partial charge in [0.1, 0.15) is 5.75 Å². The topological polar surface area (TPSA) is 35.2 Å². The average molecular weight is 205 g/mol. The molecule has 2 nitrogen and oxygen atoms in total. The fraction of sp³-hybridized carbons (Fsp3) is 0.538. The quantitative estimate of drug-likeness (QED) is 0.820. The summed E-state index contributed by atoms with van der Waals surface area (Å²) < 4.78 is 5.80. The number of hydrogen-bond acceptors (Lipinski definition) is 2. The van der Waals surface area contributed by atoms with Crippen LogP contribution < -0.4 is 10.5 Å². The molecule has 0 aliphatic heterocycles. The van der Waals surface area contributed by atoms with Gasteiger partial charge in [-0.3, -0.25) is 0 Å². The third kappa shape index (κ3) is 2.72. The highest BCUT2D eigenvalue weighted by Crippen LogP contribution is 2.31. The van der Waals surface area contributed by atoms with Crippen LogP contribution in [0.2, 0.25) is 0 Å². The molecular weight excluding hydrogens is 186 g/mol. The lowest BCUT2D eigenvalue weighted by atomic mass is 10.1. The van der Waals surface area contributed by atoms with Crippen molar-refractivity contribution in [2.75, 3.05) is 6.61 Å². The smallest absolute Gasteiger partial charge is 0.124 e. The van der Waals surface area contributed by atoms with Crippen LogP contribution in [0.1, 0.15) is 36.9 Å². The highest BCUT2D eigenvalue weighted by atomic mass is 16.5. The van der Waals surface area contributed by atoms with E-state index in [0.29, 0.717) is 0 Å². The van der Waals surface area contributed by atoms with Gasteiger partial charge in [-0.2, -0.15) is 0 Å². The maximum absolute atomic E-state index is 5.93. The first kappa shape index (κ1) is 10.5. The van der Waals surface area contributed by atoms with Crippen molar-refractivity contribution in [2.24, 2.45) is 11.7 Å². The van der Waals surface area contributed by atoms with Gasteiger partial charge >= 0.3 is 0 Å². The van der Waals surface area contributed by atoms with Gasteiger partial charge in [0.2, 0.25) is 0 Å². The molecule has 82 valence electrons. The van der Waals surface area contributed by atoms with Crippen molar-refractivity contribution >= 4 is 0 Å². The Hall–Kier alpha value is -1.02. The van der Waals surface area contributed by atoms with Crippen LogP contribution in [-0.4, -0.2) is 6.61 Å². The average Bonchev–Trinajstić information content (AvgIpc) is 2.99. The van der Waals surface area contributed by atoms with Crippen molar-refractivity contribution in [3.63, 3.8) is 0 Å². The van der Waals surface area contributed by atoms with Crippen LogP contribution in [0.15, 0.2) is 18.2 Å². The van der Waals surface area contributed by atoms with E-state index in [1.165, 1.54) is 18.4 Å². The van der Waals surface area contributed by atoms with E-state index in [1.54, 1.807) is 0 Å². The van der Waals surface area contributed by atoms with Crippen molar-refractivity contribution in [1.82, 2.24) is 0 Å². The summed E-state index contributed by atoms with van der Waals surface area (Å²) in [6.07, 6.45) is 2.64. The second kappa shape index (κ2) is 4.23. The fourth-order valence-electron chi connectivity index (χ4n) is 1.65. The molecule has 1 aliphatic carbocycles. The van der Waals surface area contributed by atoms with Crippen molar-refractivity contribution in [3.05, 3.63) is 29.3 Å². The summed E-state index contributed by atoms with van der Waals surface area (Å²) in [6.45, 7) is 4.93. The third-order valence-corrected chi connectivity index (χ3v) is 2.83. The molecule has 0 amide bonds. The Bertz CT molecular complexity index is 342. The van der Waals surface area contributed by atoms with E-state index in [4.69, 9.17) is 10.5 Å². The number of aryl methyl sites for hydroxylation is 1. The largest absolute Gasteiger partial charge is 0.493 e. The zero-order chi connectivity index (χ0) is 10.8. The molecule has 2 heteroatoms. The Morgan fingerprint density at radius 3 is 2.80 bits per heavy atom. The van der Waals surface area contributed by atoms with Crippen LogP contribution in [0.3, 0.4) is 0 Å². The first-order valence-electron chi connectivity index (χ1n) is 5.65. The normalized spacial score (nSPS) is 17.5. The maximum atomic E-state index is 5.93. The van der Waals surface area contributed by atoms with Crippen molar-refractivity contribution in [3.8, 4) is 5.75 Å². The molecule has 1 atom stereocenters. The van der Waals surface area contributed by atoms with E-state index >= 15 is 0 Å². The van der Waals surface area contributed by atoms with Crippen LogP contribution in [0, 0.1) is 12.8 Å². The summed E-state index contributed by atoms with van der Waals surface area (Å²) in [6, 6.07) is 6.27. The summed E-state index contributed by atoms with van der Waals surface area (Å²) in [5.74, 6) is 1.75. The summed E-state index contributed by atoms with van der Waals surface area (Å²) in [5.41, 5.74) is 8.28. The van der Waals surface area contributed by atoms with Gasteiger partial charge in [-0.1, -0.05) is 17.7 Å². The van der Waals surface area contributed by atoms with Gasteiger partial charge < -0.3 is 10.5 Å². The number of nitrogens with two attached hydrogens (primary N) is 1. The summed E-state index contributed by atoms with van der Waals surface area (Å²) >= 11 is 0. The minimum Gasteiger partial charge on any atom is -0.493 e. The lowest BCUT2D eigenvalue weighted by molar-refractivity contribution is 0.295. The Morgan fingerprint density at radius 1 is 1.47 bits per heavy atom. The maximum Gasteiger partial charge on any atom is 0.124 e. The predicted molar refractivity (Wildman–Crippen MR) is 62.0 cm³/mol. The zero-order valence-electron chi connectivity index (χ0n) is 9.49. The summed E-state index contributed by atoms with van der Waals surface area (Å²) in [4.78, 5) is 0. The first-order valence-corrected chi connectivity index (χ1v) is 5.65. The van der Waals surface area contributed by atoms with Crippen LogP contribution in [0.25, 0.3) is 0 Å². The van der Waals surface area contributed by atoms with Gasteiger partial charge in [-0.05, 0) is 38.7 Å². The van der Waals surface area contributed by atoms with Crippen LogP contribution in [0.4, 0.5) is 0 Å². The molecule has 2 N–H and O–H groups in total. The summed E-state index contributed by atoms with van der Waals surface area (Å²) in [7, 11) is 0. The van der Waals surface area contributed by atoms with Crippen LogP contribution in [0.5, 0.6) is 5.75 Å². The lowest BCUT2D eigenvalue weighted by Gasteiger charge is -2.14. The van der Waals surface area contributed by atoms with Gasteiger partial charge in [0, 0.05) is 11.6 Å². The molecule has 2 rings (SSSR count). The summed E-state index contributed by atoms with van der Waals surface area (Å²) in [5, 5.41) is 0. The molecule has 1 aromatic carbocycles. The SMILES string of the molecule is Cc1ccc(OCC2CC2)c([C@@H](C)N)c1. The van der Waals surface area contributed by atoms with E-state index in [1.807, 2.05) is 13.0 Å². The number of rotatable bonds is 4. The van der Waals surface area contributed by atoms with E-state index in [9.17, 15) is 0 Å². The molecule has 0 radical (unpaired) electrons. The van der Waals surface area contributed by atoms with E-state index < -0.39 is 0 Å². The Kier molecular flexibility index (Phi) is 2.96. The molecule has 0 saturated heterocycles. The molecule has 15 heavy (non-hydrogen) atoms. The Morgan fingerprint density at radius 2 is 2.20 bits per heavy atom. The van der Waals surface area contributed by atoms with Crippen LogP contribution in [-0.2, 0) is 0 Å². The molecule has 1 fully saturated rings. The minimum absolute atomic E-state index is 0.0408. The molecule has 0 heterocycles. The number of hydrogen-bond donors (Lipinski definition) is 1. The highest BCUT2D eigenvalue weighted by molar-refractivity contribution is 5.38. The van der Waals surface area contributed by atoms with E-state index in [-0.39, 0.29) is 6.04 Å². The second-order valence-electron chi connectivity index (χ2n) is 4.58. The first-order chi connectivity index (χ1) is 7.16. The molecular formula is C13H19NO. The zero-order valence-corrected chi connectivity index (χ0v) is 9.49. The van der Waals surface area contributed by atoms with Gasteiger partial charge in [0.15, 0.2) is 0 Å². The second-order valence-corrected chi connectivity index (χ2v) is 4.58. The lowest BCUT2D eigenvalue weighted by Crippen LogP contribution is -2.09. The monoisotopic (exact) mass is 205 g/mol. The molecule has 0 unspecified atom stereocenters. The fourth-order valence-corrected chi connectivity index (χ4v) is 1.65. The van der Waals surface area contributed by atoms with Crippen LogP contribution >= 0.6 is 0 Å². The van der Waals surface area contributed by atoms with Crippen molar-refractivity contribution in [2.45, 2.75) is 32.7 Å². The van der Waals surface area contributed by atoms with Gasteiger partial charge in [-0.25, -0.2) is 0 Å². The van der Waals surface area contributed by atoms with Gasteiger partial charge in [-0.15, -0.1) is 0 Å². The Balaban J connectivity index is 2.12. The molecule has 1 saturated carbocycles. The molecule has 0 bridgehead atoms. The molecule has 1 aromatic rings. The third-order valence-electron chi connectivity index (χ3n) is 2.83. The van der Waals surface area contributed by atoms with E-state index in [2.05, 4.69) is 19.1 Å². The predicted octanol–water partition coefficient (Wildman–Crippen LogP) is 2.80. The van der Waals surface area contributed by atoms with Crippen molar-refractivity contribution in [1.29, 1.82) is 0 Å². The number of ether oxygens (including phenoxy) is 1. The van der Waals surface area contributed by atoms with Gasteiger partial charge in [0.05, 0.1) is 6.61 Å². The molecule has 0 spiro atoms. The van der Waals surface area contributed by atoms with Gasteiger partial charge in [0.25, 0.3) is 0 Å². The Labute approximate surface area is 91.4 Å². The minimum atomic E-state index is 0.0408. The van der Waals surface area contributed by atoms with E-state index in [0.717, 1.165) is 23.8 Å². The molecule has 0 aromatic heterocycles. The highest BCUT2D eigenvalue weighted by Gasteiger charge is 2.22. The standard InChI is InChI=1S/C13H19NO/c1-9-3-6-13(12(7-9)10(2)14)15-8-11-4-5-11/h3,6-7,10-11H,4-5,8,14H2,1-2H3/t10-/m1/s1.